The summed E-state index contributed by atoms with van der Waals surface area (Å²) in [5, 5.41) is 3.89. The Morgan fingerprint density at radius 2 is 1.81 bits per heavy atom. The Balaban J connectivity index is 1.67. The summed E-state index contributed by atoms with van der Waals surface area (Å²) < 4.78 is 11.3. The second-order valence-electron chi connectivity index (χ2n) is 6.60. The SMILES string of the molecule is CC(C)(C)c1noc(CCC(=O)NNC(=O)COc2ccc(Br)cc2)n1. The number of benzene rings is 1. The van der Waals surface area contributed by atoms with Crippen LogP contribution in [0.5, 0.6) is 5.75 Å². The Labute approximate surface area is 159 Å². The summed E-state index contributed by atoms with van der Waals surface area (Å²) in [6.45, 7) is 5.71. The lowest BCUT2D eigenvalue weighted by atomic mass is 9.96. The van der Waals surface area contributed by atoms with Gasteiger partial charge in [0.25, 0.3) is 5.91 Å². The number of aromatic nitrogens is 2. The molecule has 0 aliphatic rings. The molecule has 1 aromatic carbocycles. The molecule has 9 heteroatoms. The van der Waals surface area contributed by atoms with Crippen LogP contribution in [-0.4, -0.2) is 28.6 Å². The summed E-state index contributed by atoms with van der Waals surface area (Å²) in [6.07, 6.45) is 0.403. The largest absolute Gasteiger partial charge is 0.484 e. The van der Waals surface area contributed by atoms with E-state index in [0.29, 0.717) is 23.9 Å². The molecule has 0 radical (unpaired) electrons. The number of amides is 2. The molecule has 26 heavy (non-hydrogen) atoms. The number of hydrogen-bond acceptors (Lipinski definition) is 6. The first-order valence-electron chi connectivity index (χ1n) is 8.03. The molecule has 0 bridgehead atoms. The average Bonchev–Trinajstić information content (AvgIpc) is 3.07. The van der Waals surface area contributed by atoms with E-state index in [0.717, 1.165) is 4.47 Å². The fraction of sp³-hybridized carbons (Fsp3) is 0.412. The van der Waals surface area contributed by atoms with Gasteiger partial charge in [0.15, 0.2) is 12.4 Å². The van der Waals surface area contributed by atoms with E-state index in [9.17, 15) is 9.59 Å². The molecule has 0 spiro atoms. The second kappa shape index (κ2) is 8.79. The van der Waals surface area contributed by atoms with Crippen molar-refractivity contribution in [1.82, 2.24) is 21.0 Å². The van der Waals surface area contributed by atoms with E-state index in [1.807, 2.05) is 20.8 Å². The number of carbonyl (C=O) groups excluding carboxylic acids is 2. The van der Waals surface area contributed by atoms with E-state index in [-0.39, 0.29) is 24.3 Å². The molecule has 2 rings (SSSR count). The molecule has 1 aromatic heterocycles. The number of hydrogen-bond donors (Lipinski definition) is 2. The fourth-order valence-electron chi connectivity index (χ4n) is 1.80. The number of aryl methyl sites for hydroxylation is 1. The molecule has 2 amide bonds. The van der Waals surface area contributed by atoms with Crippen LogP contribution >= 0.6 is 15.9 Å². The van der Waals surface area contributed by atoms with Crippen molar-refractivity contribution in [3.63, 3.8) is 0 Å². The van der Waals surface area contributed by atoms with E-state index in [4.69, 9.17) is 9.26 Å². The first-order valence-corrected chi connectivity index (χ1v) is 8.82. The van der Waals surface area contributed by atoms with Crippen LogP contribution in [0, 0.1) is 0 Å². The molecule has 1 heterocycles. The van der Waals surface area contributed by atoms with Crippen LogP contribution in [0.4, 0.5) is 0 Å². The quantitative estimate of drug-likeness (QED) is 0.688. The van der Waals surface area contributed by atoms with Crippen molar-refractivity contribution in [2.24, 2.45) is 0 Å². The fourth-order valence-corrected chi connectivity index (χ4v) is 2.06. The first kappa shape index (κ1) is 19.9. The van der Waals surface area contributed by atoms with Gasteiger partial charge in [0.2, 0.25) is 11.8 Å². The van der Waals surface area contributed by atoms with Gasteiger partial charge < -0.3 is 9.26 Å². The summed E-state index contributed by atoms with van der Waals surface area (Å²) in [5.41, 5.74) is 4.39. The van der Waals surface area contributed by atoms with Gasteiger partial charge >= 0.3 is 0 Å². The monoisotopic (exact) mass is 424 g/mol. The standard InChI is InChI=1S/C17H21BrN4O4/c1-17(2,3)16-19-15(26-22-16)9-8-13(23)20-21-14(24)10-25-12-6-4-11(18)5-7-12/h4-7H,8-10H2,1-3H3,(H,20,23)(H,21,24). The van der Waals surface area contributed by atoms with Gasteiger partial charge in [-0.25, -0.2) is 0 Å². The maximum absolute atomic E-state index is 11.8. The molecule has 2 N–H and O–H groups in total. The van der Waals surface area contributed by atoms with Gasteiger partial charge in [-0.1, -0.05) is 41.9 Å². The maximum Gasteiger partial charge on any atom is 0.276 e. The van der Waals surface area contributed by atoms with E-state index in [2.05, 4.69) is 36.9 Å². The zero-order valence-corrected chi connectivity index (χ0v) is 16.4. The maximum atomic E-state index is 11.8. The number of carbonyl (C=O) groups is 2. The third-order valence-corrected chi connectivity index (χ3v) is 3.76. The summed E-state index contributed by atoms with van der Waals surface area (Å²) in [5.74, 6) is 0.702. The van der Waals surface area contributed by atoms with Crippen molar-refractivity contribution in [2.75, 3.05) is 6.61 Å². The van der Waals surface area contributed by atoms with E-state index in [1.165, 1.54) is 0 Å². The normalized spacial score (nSPS) is 11.1. The number of rotatable bonds is 6. The third kappa shape index (κ3) is 6.47. The molecule has 0 atom stereocenters. The highest BCUT2D eigenvalue weighted by Crippen LogP contribution is 2.18. The molecular formula is C17H21BrN4O4. The number of halogens is 1. The molecule has 0 aliphatic carbocycles. The van der Waals surface area contributed by atoms with E-state index < -0.39 is 5.91 Å². The Hall–Kier alpha value is -2.42. The van der Waals surface area contributed by atoms with Gasteiger partial charge in [0.05, 0.1) is 0 Å². The summed E-state index contributed by atoms with van der Waals surface area (Å²) in [7, 11) is 0. The molecule has 0 saturated carbocycles. The lowest BCUT2D eigenvalue weighted by Gasteiger charge is -2.10. The van der Waals surface area contributed by atoms with Crippen molar-refractivity contribution >= 4 is 27.7 Å². The van der Waals surface area contributed by atoms with Gasteiger partial charge in [-0.2, -0.15) is 4.98 Å². The Bertz CT molecular complexity index is 753. The van der Waals surface area contributed by atoms with Crippen molar-refractivity contribution in [1.29, 1.82) is 0 Å². The lowest BCUT2D eigenvalue weighted by Crippen LogP contribution is -2.43. The highest BCUT2D eigenvalue weighted by molar-refractivity contribution is 9.10. The molecular weight excluding hydrogens is 404 g/mol. The van der Waals surface area contributed by atoms with Gasteiger partial charge in [-0.05, 0) is 24.3 Å². The molecule has 140 valence electrons. The van der Waals surface area contributed by atoms with Crippen LogP contribution in [0.1, 0.15) is 38.9 Å². The first-order chi connectivity index (χ1) is 12.2. The van der Waals surface area contributed by atoms with Gasteiger partial charge in [-0.15, -0.1) is 0 Å². The molecule has 8 nitrogen and oxygen atoms in total. The van der Waals surface area contributed by atoms with Gasteiger partial charge in [0, 0.05) is 22.7 Å². The molecule has 0 saturated heterocycles. The van der Waals surface area contributed by atoms with Crippen LogP contribution in [-0.2, 0) is 21.4 Å². The predicted molar refractivity (Wildman–Crippen MR) is 97.2 cm³/mol. The minimum Gasteiger partial charge on any atom is -0.484 e. The zero-order valence-electron chi connectivity index (χ0n) is 14.8. The minimum absolute atomic E-state index is 0.111. The van der Waals surface area contributed by atoms with Crippen LogP contribution in [0.15, 0.2) is 33.3 Å². The Kier molecular flexibility index (Phi) is 6.73. The van der Waals surface area contributed by atoms with Crippen molar-refractivity contribution in [3.8, 4) is 5.75 Å². The highest BCUT2D eigenvalue weighted by Gasteiger charge is 2.21. The molecule has 0 fully saturated rings. The average molecular weight is 425 g/mol. The van der Waals surface area contributed by atoms with Crippen LogP contribution in [0.3, 0.4) is 0 Å². The molecule has 0 aliphatic heterocycles. The molecule has 2 aromatic rings. The van der Waals surface area contributed by atoms with E-state index in [1.54, 1.807) is 24.3 Å². The Morgan fingerprint density at radius 3 is 2.42 bits per heavy atom. The van der Waals surface area contributed by atoms with Crippen molar-refractivity contribution < 1.29 is 18.8 Å². The minimum atomic E-state index is -0.464. The zero-order chi connectivity index (χ0) is 19.2. The summed E-state index contributed by atoms with van der Waals surface area (Å²) in [4.78, 5) is 27.7. The highest BCUT2D eigenvalue weighted by atomic mass is 79.9. The summed E-state index contributed by atoms with van der Waals surface area (Å²) in [6, 6.07) is 7.06. The number of hydrazine groups is 1. The smallest absolute Gasteiger partial charge is 0.276 e. The summed E-state index contributed by atoms with van der Waals surface area (Å²) >= 11 is 3.31. The molecule has 0 unspecified atom stereocenters. The van der Waals surface area contributed by atoms with Crippen molar-refractivity contribution in [2.45, 2.75) is 39.0 Å². The third-order valence-electron chi connectivity index (χ3n) is 3.23. The van der Waals surface area contributed by atoms with Gasteiger partial charge in [0.1, 0.15) is 5.75 Å². The number of ether oxygens (including phenoxy) is 1. The number of nitrogens with one attached hydrogen (secondary N) is 2. The van der Waals surface area contributed by atoms with Crippen molar-refractivity contribution in [3.05, 3.63) is 40.5 Å². The van der Waals surface area contributed by atoms with Crippen LogP contribution in [0.2, 0.25) is 0 Å². The van der Waals surface area contributed by atoms with E-state index >= 15 is 0 Å². The van der Waals surface area contributed by atoms with Crippen LogP contribution < -0.4 is 15.6 Å². The topological polar surface area (TPSA) is 106 Å². The Morgan fingerprint density at radius 1 is 1.15 bits per heavy atom. The second-order valence-corrected chi connectivity index (χ2v) is 7.52. The predicted octanol–water partition coefficient (Wildman–Crippen LogP) is 2.29. The number of nitrogens with zero attached hydrogens (tertiary/aromatic N) is 2. The lowest BCUT2D eigenvalue weighted by molar-refractivity contribution is -0.130. The van der Waals surface area contributed by atoms with Gasteiger partial charge in [-0.3, -0.25) is 20.4 Å². The van der Waals surface area contributed by atoms with Crippen LogP contribution in [0.25, 0.3) is 0 Å².